The Morgan fingerprint density at radius 1 is 1.29 bits per heavy atom. The molecule has 1 aromatic rings. The van der Waals surface area contributed by atoms with Crippen molar-refractivity contribution in [1.29, 1.82) is 0 Å². The molecule has 0 atom stereocenters. The summed E-state index contributed by atoms with van der Waals surface area (Å²) in [5.74, 6) is 0.973. The Hall–Kier alpha value is -1.02. The van der Waals surface area contributed by atoms with Gasteiger partial charge in [-0.2, -0.15) is 0 Å². The lowest BCUT2D eigenvalue weighted by Gasteiger charge is -2.12. The third kappa shape index (κ3) is 2.26. The van der Waals surface area contributed by atoms with Crippen LogP contribution in [0.4, 0.5) is 0 Å². The molecule has 1 rings (SSSR count). The zero-order valence-electron chi connectivity index (χ0n) is 9.13. The summed E-state index contributed by atoms with van der Waals surface area (Å²) in [6.45, 7) is 4.36. The Balaban J connectivity index is 2.96. The van der Waals surface area contributed by atoms with Gasteiger partial charge in [0.2, 0.25) is 0 Å². The number of hydrogen-bond acceptors (Lipinski definition) is 2. The Bertz CT molecular complexity index is 305. The number of ether oxygens (including phenoxy) is 1. The molecule has 14 heavy (non-hydrogen) atoms. The second-order valence-electron chi connectivity index (χ2n) is 3.53. The molecule has 0 aliphatic heterocycles. The Kier molecular flexibility index (Phi) is 3.96. The first kappa shape index (κ1) is 11.1. The number of hydrogen-bond donors (Lipinski definition) is 1. The van der Waals surface area contributed by atoms with Crippen molar-refractivity contribution in [3.8, 4) is 5.75 Å². The van der Waals surface area contributed by atoms with Crippen LogP contribution in [0.3, 0.4) is 0 Å². The largest absolute Gasteiger partial charge is 0.496 e. The van der Waals surface area contributed by atoms with Gasteiger partial charge in [0.05, 0.1) is 7.11 Å². The minimum atomic E-state index is 0.246. The fourth-order valence-corrected chi connectivity index (χ4v) is 1.72. The first-order chi connectivity index (χ1) is 6.70. The fraction of sp³-hybridized carbons (Fsp3) is 0.500. The van der Waals surface area contributed by atoms with Gasteiger partial charge in [-0.05, 0) is 43.4 Å². The molecule has 0 fully saturated rings. The van der Waals surface area contributed by atoms with E-state index < -0.39 is 0 Å². The van der Waals surface area contributed by atoms with Crippen LogP contribution in [0.5, 0.6) is 5.75 Å². The van der Waals surface area contributed by atoms with E-state index in [0.29, 0.717) is 0 Å². The predicted molar refractivity (Wildman–Crippen MR) is 57.9 cm³/mol. The molecule has 2 nitrogen and oxygen atoms in total. The van der Waals surface area contributed by atoms with Crippen molar-refractivity contribution >= 4 is 0 Å². The monoisotopic (exact) mass is 194 g/mol. The van der Waals surface area contributed by atoms with Gasteiger partial charge < -0.3 is 9.84 Å². The second kappa shape index (κ2) is 5.01. The van der Waals surface area contributed by atoms with Gasteiger partial charge in [-0.15, -0.1) is 0 Å². The first-order valence-corrected chi connectivity index (χ1v) is 4.94. The number of aryl methyl sites for hydroxylation is 2. The lowest BCUT2D eigenvalue weighted by molar-refractivity contribution is 0.288. The van der Waals surface area contributed by atoms with Crippen LogP contribution in [0.15, 0.2) is 12.1 Å². The molecule has 0 amide bonds. The van der Waals surface area contributed by atoms with Crippen molar-refractivity contribution in [2.75, 3.05) is 13.7 Å². The zero-order valence-corrected chi connectivity index (χ0v) is 9.13. The molecule has 0 spiro atoms. The number of benzene rings is 1. The average Bonchev–Trinajstić information content (AvgIpc) is 2.18. The van der Waals surface area contributed by atoms with E-state index in [1.54, 1.807) is 7.11 Å². The average molecular weight is 194 g/mol. The van der Waals surface area contributed by atoms with Crippen molar-refractivity contribution in [1.82, 2.24) is 0 Å². The molecule has 0 aromatic heterocycles. The Morgan fingerprint density at radius 3 is 2.57 bits per heavy atom. The molecule has 0 heterocycles. The van der Waals surface area contributed by atoms with Gasteiger partial charge in [-0.1, -0.05) is 12.1 Å². The van der Waals surface area contributed by atoms with E-state index in [9.17, 15) is 0 Å². The molecular formula is C12H18O2. The molecule has 1 N–H and O–H groups in total. The van der Waals surface area contributed by atoms with Gasteiger partial charge in [0.25, 0.3) is 0 Å². The molecule has 0 saturated heterocycles. The molecular weight excluding hydrogens is 176 g/mol. The first-order valence-electron chi connectivity index (χ1n) is 4.94. The van der Waals surface area contributed by atoms with Crippen molar-refractivity contribution in [2.45, 2.75) is 26.7 Å². The van der Waals surface area contributed by atoms with Gasteiger partial charge in [-0.25, -0.2) is 0 Å². The SMILES string of the molecule is COc1c(C)ccc(CCCO)c1C. The summed E-state index contributed by atoms with van der Waals surface area (Å²) >= 11 is 0. The molecule has 0 saturated carbocycles. The molecule has 0 radical (unpaired) electrons. The number of rotatable bonds is 4. The van der Waals surface area contributed by atoms with E-state index in [0.717, 1.165) is 24.2 Å². The topological polar surface area (TPSA) is 29.5 Å². The highest BCUT2D eigenvalue weighted by atomic mass is 16.5. The smallest absolute Gasteiger partial charge is 0.124 e. The van der Waals surface area contributed by atoms with Crippen molar-refractivity contribution < 1.29 is 9.84 Å². The van der Waals surface area contributed by atoms with Crippen LogP contribution in [0.1, 0.15) is 23.1 Å². The van der Waals surface area contributed by atoms with Crippen LogP contribution in [0.25, 0.3) is 0 Å². The Labute approximate surface area is 85.5 Å². The van der Waals surface area contributed by atoms with Crippen molar-refractivity contribution in [2.24, 2.45) is 0 Å². The number of aliphatic hydroxyl groups is 1. The van der Waals surface area contributed by atoms with Crippen LogP contribution < -0.4 is 4.74 Å². The molecule has 0 aliphatic carbocycles. The molecule has 0 bridgehead atoms. The summed E-state index contributed by atoms with van der Waals surface area (Å²) in [7, 11) is 1.70. The highest BCUT2D eigenvalue weighted by Gasteiger charge is 2.06. The summed E-state index contributed by atoms with van der Waals surface area (Å²) in [5, 5.41) is 8.77. The van der Waals surface area contributed by atoms with Gasteiger partial charge in [0.1, 0.15) is 5.75 Å². The quantitative estimate of drug-likeness (QED) is 0.796. The van der Waals surface area contributed by atoms with Gasteiger partial charge >= 0.3 is 0 Å². The third-order valence-electron chi connectivity index (χ3n) is 2.52. The van der Waals surface area contributed by atoms with Gasteiger partial charge in [0.15, 0.2) is 0 Å². The molecule has 1 aromatic carbocycles. The summed E-state index contributed by atoms with van der Waals surface area (Å²) in [6, 6.07) is 4.18. The molecule has 78 valence electrons. The fourth-order valence-electron chi connectivity index (χ4n) is 1.72. The maximum Gasteiger partial charge on any atom is 0.124 e. The van der Waals surface area contributed by atoms with Crippen LogP contribution >= 0.6 is 0 Å². The van der Waals surface area contributed by atoms with E-state index in [4.69, 9.17) is 9.84 Å². The molecule has 0 aliphatic rings. The minimum absolute atomic E-state index is 0.246. The number of methoxy groups -OCH3 is 1. The lowest BCUT2D eigenvalue weighted by Crippen LogP contribution is -1.97. The van der Waals surface area contributed by atoms with E-state index >= 15 is 0 Å². The molecule has 2 heteroatoms. The van der Waals surface area contributed by atoms with Gasteiger partial charge in [0, 0.05) is 6.61 Å². The highest BCUT2D eigenvalue weighted by Crippen LogP contribution is 2.26. The Morgan fingerprint density at radius 2 is 2.00 bits per heavy atom. The van der Waals surface area contributed by atoms with E-state index in [2.05, 4.69) is 19.1 Å². The van der Waals surface area contributed by atoms with Gasteiger partial charge in [-0.3, -0.25) is 0 Å². The summed E-state index contributed by atoms with van der Waals surface area (Å²) in [6.07, 6.45) is 1.73. The van der Waals surface area contributed by atoms with Crippen LogP contribution in [-0.2, 0) is 6.42 Å². The number of aliphatic hydroxyl groups excluding tert-OH is 1. The standard InChI is InChI=1S/C12H18O2/c1-9-6-7-11(5-4-8-13)10(2)12(9)14-3/h6-7,13H,4-5,8H2,1-3H3. The van der Waals surface area contributed by atoms with Crippen molar-refractivity contribution in [3.05, 3.63) is 28.8 Å². The second-order valence-corrected chi connectivity index (χ2v) is 3.53. The van der Waals surface area contributed by atoms with Crippen LogP contribution in [0.2, 0.25) is 0 Å². The lowest BCUT2D eigenvalue weighted by atomic mass is 10.0. The van der Waals surface area contributed by atoms with E-state index in [1.807, 2.05) is 6.92 Å². The summed E-state index contributed by atoms with van der Waals surface area (Å²) < 4.78 is 5.33. The zero-order chi connectivity index (χ0) is 10.6. The summed E-state index contributed by atoms with van der Waals surface area (Å²) in [5.41, 5.74) is 3.63. The van der Waals surface area contributed by atoms with Crippen molar-refractivity contribution in [3.63, 3.8) is 0 Å². The maximum atomic E-state index is 8.77. The minimum Gasteiger partial charge on any atom is -0.496 e. The highest BCUT2D eigenvalue weighted by molar-refractivity contribution is 5.45. The van der Waals surface area contributed by atoms with Crippen LogP contribution in [-0.4, -0.2) is 18.8 Å². The molecule has 0 unspecified atom stereocenters. The maximum absolute atomic E-state index is 8.77. The van der Waals surface area contributed by atoms with Crippen LogP contribution in [0, 0.1) is 13.8 Å². The van der Waals surface area contributed by atoms with E-state index in [-0.39, 0.29) is 6.61 Å². The predicted octanol–water partition coefficient (Wildman–Crippen LogP) is 2.24. The summed E-state index contributed by atoms with van der Waals surface area (Å²) in [4.78, 5) is 0. The normalized spacial score (nSPS) is 10.3. The van der Waals surface area contributed by atoms with E-state index in [1.165, 1.54) is 11.1 Å². The third-order valence-corrected chi connectivity index (χ3v) is 2.52.